The van der Waals surface area contributed by atoms with E-state index >= 15 is 0 Å². The minimum Gasteiger partial charge on any atom is -0.364 e. The van der Waals surface area contributed by atoms with Crippen molar-refractivity contribution in [1.82, 2.24) is 14.9 Å². The summed E-state index contributed by atoms with van der Waals surface area (Å²) in [5, 5.41) is 2.62. The molecule has 30 heavy (non-hydrogen) atoms. The van der Waals surface area contributed by atoms with Crippen LogP contribution >= 0.6 is 11.6 Å². The fraction of sp³-hybridized carbons (Fsp3) is 0.400. The molecule has 1 aromatic carbocycles. The van der Waals surface area contributed by atoms with Crippen molar-refractivity contribution in [3.05, 3.63) is 46.8 Å². The van der Waals surface area contributed by atoms with Gasteiger partial charge in [0.05, 0.1) is 17.0 Å². The molecular formula is C20H23ClFN5O3. The number of nitrogens with two attached hydrogens (primary N) is 1. The standard InChI is InChI=1S/C20H23ClFN5O3/c1-24-19(29)16-17(18(23)28)27(10-25-16)13-6-3-11(4-7-13)20(30)26(2)15-8-5-12(22)9-14(15)21/h5,8-11,13H,3-4,6-7H2,1-2H3,(H2,23,28)(H,24,29). The maximum Gasteiger partial charge on any atom is 0.272 e. The molecule has 8 nitrogen and oxygen atoms in total. The van der Waals surface area contributed by atoms with Crippen molar-refractivity contribution in [3.63, 3.8) is 0 Å². The number of imidazole rings is 1. The van der Waals surface area contributed by atoms with Crippen molar-refractivity contribution in [1.29, 1.82) is 0 Å². The number of hydrogen-bond acceptors (Lipinski definition) is 4. The quantitative estimate of drug-likeness (QED) is 0.751. The van der Waals surface area contributed by atoms with Crippen molar-refractivity contribution >= 4 is 35.0 Å². The molecule has 3 amide bonds. The summed E-state index contributed by atoms with van der Waals surface area (Å²) >= 11 is 6.08. The van der Waals surface area contributed by atoms with Crippen LogP contribution in [0.1, 0.15) is 52.7 Å². The lowest BCUT2D eigenvalue weighted by Gasteiger charge is -2.32. The van der Waals surface area contributed by atoms with E-state index in [0.717, 1.165) is 0 Å². The van der Waals surface area contributed by atoms with Gasteiger partial charge in [-0.3, -0.25) is 14.4 Å². The van der Waals surface area contributed by atoms with Crippen LogP contribution in [0.5, 0.6) is 0 Å². The molecule has 1 fully saturated rings. The zero-order chi connectivity index (χ0) is 22.0. The summed E-state index contributed by atoms with van der Waals surface area (Å²) in [5.41, 5.74) is 6.00. The second-order valence-corrected chi connectivity index (χ2v) is 7.70. The summed E-state index contributed by atoms with van der Waals surface area (Å²) in [6.07, 6.45) is 3.84. The van der Waals surface area contributed by atoms with Gasteiger partial charge < -0.3 is 20.5 Å². The highest BCUT2D eigenvalue weighted by Gasteiger charge is 2.32. The van der Waals surface area contributed by atoms with E-state index < -0.39 is 17.6 Å². The van der Waals surface area contributed by atoms with Crippen LogP contribution in [-0.4, -0.2) is 41.4 Å². The van der Waals surface area contributed by atoms with E-state index in [1.54, 1.807) is 11.6 Å². The van der Waals surface area contributed by atoms with Gasteiger partial charge in [0, 0.05) is 26.1 Å². The Morgan fingerprint density at radius 1 is 1.27 bits per heavy atom. The predicted molar refractivity (Wildman–Crippen MR) is 110 cm³/mol. The fourth-order valence-corrected chi connectivity index (χ4v) is 4.21. The molecule has 1 heterocycles. The first-order valence-corrected chi connectivity index (χ1v) is 9.93. The zero-order valence-electron chi connectivity index (χ0n) is 16.7. The molecule has 0 bridgehead atoms. The molecule has 1 aliphatic carbocycles. The first kappa shape index (κ1) is 21.8. The average Bonchev–Trinajstić information content (AvgIpc) is 3.18. The third-order valence-electron chi connectivity index (χ3n) is 5.51. The van der Waals surface area contributed by atoms with Crippen LogP contribution in [-0.2, 0) is 4.79 Å². The first-order valence-electron chi connectivity index (χ1n) is 9.55. The van der Waals surface area contributed by atoms with E-state index in [1.165, 1.54) is 36.5 Å². The van der Waals surface area contributed by atoms with Gasteiger partial charge in [0.1, 0.15) is 11.5 Å². The number of amides is 3. The molecule has 0 unspecified atom stereocenters. The molecule has 0 atom stereocenters. The summed E-state index contributed by atoms with van der Waals surface area (Å²) in [5.74, 6) is -2.01. The average molecular weight is 436 g/mol. The van der Waals surface area contributed by atoms with Gasteiger partial charge >= 0.3 is 0 Å². The monoisotopic (exact) mass is 435 g/mol. The second-order valence-electron chi connectivity index (χ2n) is 7.29. The van der Waals surface area contributed by atoms with Crippen LogP contribution in [0, 0.1) is 11.7 Å². The Labute approximate surface area is 178 Å². The molecule has 0 aliphatic heterocycles. The molecule has 2 aromatic rings. The summed E-state index contributed by atoms with van der Waals surface area (Å²) in [6.45, 7) is 0. The van der Waals surface area contributed by atoms with Gasteiger partial charge in [-0.25, -0.2) is 9.37 Å². The summed E-state index contributed by atoms with van der Waals surface area (Å²) in [4.78, 5) is 42.3. The van der Waals surface area contributed by atoms with Gasteiger partial charge in [-0.2, -0.15) is 0 Å². The molecule has 0 saturated heterocycles. The molecule has 160 valence electrons. The Morgan fingerprint density at radius 2 is 1.93 bits per heavy atom. The Bertz CT molecular complexity index is 985. The van der Waals surface area contributed by atoms with Gasteiger partial charge in [0.25, 0.3) is 11.8 Å². The van der Waals surface area contributed by atoms with Crippen molar-refractivity contribution in [3.8, 4) is 0 Å². The van der Waals surface area contributed by atoms with Crippen LogP contribution < -0.4 is 16.0 Å². The molecule has 1 aromatic heterocycles. The van der Waals surface area contributed by atoms with Crippen molar-refractivity contribution in [2.75, 3.05) is 19.0 Å². The fourth-order valence-electron chi connectivity index (χ4n) is 3.91. The Balaban J connectivity index is 1.72. The smallest absolute Gasteiger partial charge is 0.272 e. The summed E-state index contributed by atoms with van der Waals surface area (Å²) < 4.78 is 14.9. The van der Waals surface area contributed by atoms with Crippen molar-refractivity contribution in [2.45, 2.75) is 31.7 Å². The maximum absolute atomic E-state index is 13.3. The number of benzene rings is 1. The summed E-state index contributed by atoms with van der Waals surface area (Å²) in [7, 11) is 3.07. The normalized spacial score (nSPS) is 18.7. The minimum atomic E-state index is -0.727. The molecule has 0 spiro atoms. The number of nitrogens with one attached hydrogen (secondary N) is 1. The second kappa shape index (κ2) is 8.83. The first-order chi connectivity index (χ1) is 14.2. The highest BCUT2D eigenvalue weighted by atomic mass is 35.5. The van der Waals surface area contributed by atoms with Gasteiger partial charge in [0.15, 0.2) is 5.69 Å². The molecule has 1 aliphatic rings. The Kier molecular flexibility index (Phi) is 6.40. The van der Waals surface area contributed by atoms with Crippen molar-refractivity contribution in [2.24, 2.45) is 11.7 Å². The van der Waals surface area contributed by atoms with Crippen LogP contribution in [0.3, 0.4) is 0 Å². The highest BCUT2D eigenvalue weighted by Crippen LogP contribution is 2.36. The van der Waals surface area contributed by atoms with Crippen LogP contribution in [0.15, 0.2) is 24.5 Å². The topological polar surface area (TPSA) is 110 Å². The number of aromatic nitrogens is 2. The Morgan fingerprint density at radius 3 is 2.50 bits per heavy atom. The lowest BCUT2D eigenvalue weighted by atomic mass is 9.85. The molecule has 3 N–H and O–H groups in total. The van der Waals surface area contributed by atoms with E-state index in [-0.39, 0.29) is 34.3 Å². The number of carbonyl (C=O) groups excluding carboxylic acids is 3. The lowest BCUT2D eigenvalue weighted by molar-refractivity contribution is -0.123. The highest BCUT2D eigenvalue weighted by molar-refractivity contribution is 6.33. The third kappa shape index (κ3) is 4.16. The van der Waals surface area contributed by atoms with E-state index in [4.69, 9.17) is 17.3 Å². The third-order valence-corrected chi connectivity index (χ3v) is 5.81. The number of primary amides is 1. The minimum absolute atomic E-state index is 0.00566. The predicted octanol–water partition coefficient (Wildman–Crippen LogP) is 2.53. The zero-order valence-corrected chi connectivity index (χ0v) is 17.4. The molecule has 1 saturated carbocycles. The molecule has 3 rings (SSSR count). The van der Waals surface area contributed by atoms with E-state index in [2.05, 4.69) is 10.3 Å². The largest absolute Gasteiger partial charge is 0.364 e. The molecular weight excluding hydrogens is 413 g/mol. The maximum atomic E-state index is 13.3. The number of rotatable bonds is 5. The van der Waals surface area contributed by atoms with Crippen LogP contribution in [0.4, 0.5) is 10.1 Å². The molecule has 10 heteroatoms. The van der Waals surface area contributed by atoms with Crippen molar-refractivity contribution < 1.29 is 18.8 Å². The molecule has 0 radical (unpaired) electrons. The number of nitrogens with zero attached hydrogens (tertiary/aromatic N) is 3. The number of carbonyl (C=O) groups is 3. The van der Waals surface area contributed by atoms with Crippen LogP contribution in [0.25, 0.3) is 0 Å². The Hall–Kier alpha value is -2.94. The number of anilines is 1. The van der Waals surface area contributed by atoms with Gasteiger partial charge in [0.2, 0.25) is 5.91 Å². The van der Waals surface area contributed by atoms with Gasteiger partial charge in [-0.1, -0.05) is 11.6 Å². The van der Waals surface area contributed by atoms with E-state index in [9.17, 15) is 18.8 Å². The van der Waals surface area contributed by atoms with E-state index in [0.29, 0.717) is 31.4 Å². The van der Waals surface area contributed by atoms with Gasteiger partial charge in [-0.15, -0.1) is 0 Å². The SMILES string of the molecule is CNC(=O)c1ncn(C2CCC(C(=O)N(C)c3ccc(F)cc3Cl)CC2)c1C(N)=O. The summed E-state index contributed by atoms with van der Waals surface area (Å²) in [6, 6.07) is 3.82. The van der Waals surface area contributed by atoms with E-state index in [1.807, 2.05) is 0 Å². The number of halogens is 2. The van der Waals surface area contributed by atoms with Gasteiger partial charge in [-0.05, 0) is 43.9 Å². The lowest BCUT2D eigenvalue weighted by Crippen LogP contribution is -2.36. The number of hydrogen-bond donors (Lipinski definition) is 2. The van der Waals surface area contributed by atoms with Crippen LogP contribution in [0.2, 0.25) is 5.02 Å².